The predicted molar refractivity (Wildman–Crippen MR) is 116 cm³/mol. The topological polar surface area (TPSA) is 66.2 Å². The lowest BCUT2D eigenvalue weighted by atomic mass is 9.92. The van der Waals surface area contributed by atoms with Crippen LogP contribution in [0.15, 0.2) is 35.4 Å². The van der Waals surface area contributed by atoms with Crippen LogP contribution in [-0.4, -0.2) is 41.7 Å². The fraction of sp³-hybridized carbons (Fsp3) is 0.435. The molecule has 0 N–H and O–H groups in total. The average Bonchev–Trinajstić information content (AvgIpc) is 2.75. The van der Waals surface area contributed by atoms with Gasteiger partial charge in [0.05, 0.1) is 29.7 Å². The number of amides is 1. The van der Waals surface area contributed by atoms with E-state index < -0.39 is 17.3 Å². The van der Waals surface area contributed by atoms with Gasteiger partial charge in [-0.05, 0) is 48.6 Å². The predicted octanol–water partition coefficient (Wildman–Crippen LogP) is 5.24. The Morgan fingerprint density at radius 2 is 1.88 bits per heavy atom. The van der Waals surface area contributed by atoms with Crippen molar-refractivity contribution in [3.63, 3.8) is 0 Å². The highest BCUT2D eigenvalue weighted by atomic mass is 32.2. The number of carbonyl (C=O) groups is 1. The number of aromatic nitrogens is 1. The lowest BCUT2D eigenvalue weighted by Crippen LogP contribution is -2.43. The average molecular weight is 464 g/mol. The van der Waals surface area contributed by atoms with Gasteiger partial charge < -0.3 is 9.64 Å². The third kappa shape index (κ3) is 5.54. The van der Waals surface area contributed by atoms with Crippen LogP contribution in [0.3, 0.4) is 0 Å². The van der Waals surface area contributed by atoms with Crippen molar-refractivity contribution >= 4 is 17.7 Å². The number of hydrogen-bond donors (Lipinski definition) is 0. The molecule has 1 amide bonds. The third-order valence-corrected chi connectivity index (χ3v) is 6.30. The van der Waals surface area contributed by atoms with Crippen molar-refractivity contribution in [2.45, 2.75) is 31.5 Å². The number of ether oxygens (including phenoxy) is 1. The van der Waals surface area contributed by atoms with Gasteiger partial charge in [0.25, 0.3) is 0 Å². The molecule has 0 spiro atoms. The van der Waals surface area contributed by atoms with Crippen molar-refractivity contribution < 1.29 is 22.7 Å². The van der Waals surface area contributed by atoms with Gasteiger partial charge in [-0.25, -0.2) is 4.98 Å². The van der Waals surface area contributed by atoms with Crippen LogP contribution in [0.25, 0.3) is 11.3 Å². The number of benzene rings is 1. The number of carbonyl (C=O) groups excluding carboxylic acids is 1. The second-order valence-electron chi connectivity index (χ2n) is 8.11. The number of pyridine rings is 1. The molecular formula is C23H24F3N3O2S. The Hall–Kier alpha value is -2.73. The van der Waals surface area contributed by atoms with Gasteiger partial charge in [-0.3, -0.25) is 4.79 Å². The molecule has 1 aromatic heterocycles. The molecule has 1 aromatic carbocycles. The molecule has 2 atom stereocenters. The Morgan fingerprint density at radius 3 is 2.41 bits per heavy atom. The lowest BCUT2D eigenvalue weighted by molar-refractivity contribution is -0.138. The zero-order valence-electron chi connectivity index (χ0n) is 18.1. The van der Waals surface area contributed by atoms with E-state index >= 15 is 0 Å². The number of thioether (sulfide) groups is 1. The van der Waals surface area contributed by atoms with Gasteiger partial charge in [-0.15, -0.1) is 0 Å². The van der Waals surface area contributed by atoms with E-state index in [9.17, 15) is 23.2 Å². The first-order valence-electron chi connectivity index (χ1n) is 10.2. The summed E-state index contributed by atoms with van der Waals surface area (Å²) in [6.45, 7) is 5.41. The molecular weight excluding hydrogens is 439 g/mol. The van der Waals surface area contributed by atoms with E-state index in [0.717, 1.165) is 24.2 Å². The van der Waals surface area contributed by atoms with E-state index in [4.69, 9.17) is 4.74 Å². The molecule has 2 aromatic rings. The lowest BCUT2D eigenvalue weighted by Gasteiger charge is -2.35. The van der Waals surface area contributed by atoms with Crippen LogP contribution in [0.1, 0.15) is 31.4 Å². The van der Waals surface area contributed by atoms with Crippen LogP contribution < -0.4 is 4.74 Å². The normalized spacial score (nSPS) is 18.8. The molecule has 3 rings (SSSR count). The number of piperidine rings is 1. The molecule has 5 nitrogen and oxygen atoms in total. The molecule has 9 heteroatoms. The number of nitriles is 1. The Labute approximate surface area is 189 Å². The van der Waals surface area contributed by atoms with E-state index in [1.54, 1.807) is 35.2 Å². The zero-order chi connectivity index (χ0) is 23.5. The summed E-state index contributed by atoms with van der Waals surface area (Å²) < 4.78 is 46.3. The Morgan fingerprint density at radius 1 is 1.25 bits per heavy atom. The highest BCUT2D eigenvalue weighted by Crippen LogP contribution is 2.38. The molecule has 1 saturated heterocycles. The zero-order valence-corrected chi connectivity index (χ0v) is 18.9. The smallest absolute Gasteiger partial charge is 0.417 e. The minimum Gasteiger partial charge on any atom is -0.497 e. The molecule has 32 heavy (non-hydrogen) atoms. The van der Waals surface area contributed by atoms with Gasteiger partial charge in [0.2, 0.25) is 5.91 Å². The van der Waals surface area contributed by atoms with Gasteiger partial charge in [-0.1, -0.05) is 25.6 Å². The van der Waals surface area contributed by atoms with Crippen LogP contribution >= 0.6 is 11.8 Å². The van der Waals surface area contributed by atoms with Crippen LogP contribution in [0.2, 0.25) is 0 Å². The second kappa shape index (κ2) is 9.82. The maximum Gasteiger partial charge on any atom is 0.417 e. The number of hydrogen-bond acceptors (Lipinski definition) is 5. The highest BCUT2D eigenvalue weighted by Gasteiger charge is 2.36. The summed E-state index contributed by atoms with van der Waals surface area (Å²) in [4.78, 5) is 18.8. The van der Waals surface area contributed by atoms with Gasteiger partial charge in [0.15, 0.2) is 0 Å². The van der Waals surface area contributed by atoms with Gasteiger partial charge in [-0.2, -0.15) is 18.4 Å². The van der Waals surface area contributed by atoms with Crippen LogP contribution in [-0.2, 0) is 11.0 Å². The molecule has 170 valence electrons. The SMILES string of the molecule is COc1ccc(-c2cc(C(F)(F)F)c(C#N)c(SCC(=O)N3C[C@@H](C)C[C@H](C)C3)n2)cc1. The Bertz CT molecular complexity index is 1010. The van der Waals surface area contributed by atoms with Crippen LogP contribution in [0, 0.1) is 23.2 Å². The van der Waals surface area contributed by atoms with Gasteiger partial charge >= 0.3 is 6.18 Å². The van der Waals surface area contributed by atoms with Gasteiger partial charge in [0, 0.05) is 18.7 Å². The number of likely N-dealkylation sites (tertiary alicyclic amines) is 1. The van der Waals surface area contributed by atoms with Crippen molar-refractivity contribution in [3.05, 3.63) is 41.5 Å². The molecule has 0 unspecified atom stereocenters. The summed E-state index contributed by atoms with van der Waals surface area (Å²) in [5.41, 5.74) is -1.09. The standard InChI is InChI=1S/C23H24F3N3O2S/c1-14-8-15(2)12-29(11-14)21(30)13-32-22-18(10-27)19(23(24,25)26)9-20(28-22)16-4-6-17(31-3)7-5-16/h4-7,9,14-15H,8,11-13H2,1-3H3/t14-,15-/m0/s1. The molecule has 0 radical (unpaired) electrons. The summed E-state index contributed by atoms with van der Waals surface area (Å²) in [6, 6.07) is 8.96. The summed E-state index contributed by atoms with van der Waals surface area (Å²) in [5.74, 6) is 1.06. The maximum absolute atomic E-state index is 13.7. The number of alkyl halides is 3. The number of nitrogens with zero attached hydrogens (tertiary/aromatic N) is 3. The van der Waals surface area contributed by atoms with E-state index in [0.29, 0.717) is 36.2 Å². The van der Waals surface area contributed by atoms with Crippen molar-refractivity contribution in [1.29, 1.82) is 5.26 Å². The molecule has 0 aliphatic carbocycles. The third-order valence-electron chi connectivity index (χ3n) is 5.34. The first-order chi connectivity index (χ1) is 15.1. The van der Waals surface area contributed by atoms with E-state index in [2.05, 4.69) is 18.8 Å². The summed E-state index contributed by atoms with van der Waals surface area (Å²) in [7, 11) is 1.49. The van der Waals surface area contributed by atoms with Crippen LogP contribution in [0.4, 0.5) is 13.2 Å². The van der Waals surface area contributed by atoms with Crippen molar-refractivity contribution in [2.75, 3.05) is 26.0 Å². The minimum absolute atomic E-state index is 0.0779. The van der Waals surface area contributed by atoms with Crippen molar-refractivity contribution in [1.82, 2.24) is 9.88 Å². The molecule has 0 saturated carbocycles. The van der Waals surface area contributed by atoms with Crippen LogP contribution in [0.5, 0.6) is 5.75 Å². The van der Waals surface area contributed by atoms with E-state index in [1.807, 2.05) is 0 Å². The maximum atomic E-state index is 13.7. The second-order valence-corrected chi connectivity index (χ2v) is 9.07. The quantitative estimate of drug-likeness (QED) is 0.567. The Kier molecular flexibility index (Phi) is 7.34. The van der Waals surface area contributed by atoms with E-state index in [1.165, 1.54) is 7.11 Å². The molecule has 1 aliphatic rings. The fourth-order valence-corrected chi connectivity index (χ4v) is 4.86. The number of methoxy groups -OCH3 is 1. The van der Waals surface area contributed by atoms with Crippen molar-refractivity contribution in [2.24, 2.45) is 11.8 Å². The molecule has 0 bridgehead atoms. The highest BCUT2D eigenvalue weighted by molar-refractivity contribution is 8.00. The fourth-order valence-electron chi connectivity index (χ4n) is 3.96. The summed E-state index contributed by atoms with van der Waals surface area (Å²) in [5, 5.41) is 9.36. The summed E-state index contributed by atoms with van der Waals surface area (Å²) >= 11 is 0.873. The number of halogens is 3. The largest absolute Gasteiger partial charge is 0.497 e. The first-order valence-corrected chi connectivity index (χ1v) is 11.2. The monoisotopic (exact) mass is 463 g/mol. The van der Waals surface area contributed by atoms with Gasteiger partial charge in [0.1, 0.15) is 16.8 Å². The summed E-state index contributed by atoms with van der Waals surface area (Å²) in [6.07, 6.45) is -3.69. The van der Waals surface area contributed by atoms with E-state index in [-0.39, 0.29) is 22.4 Å². The minimum atomic E-state index is -4.73. The Balaban J connectivity index is 1.92. The van der Waals surface area contributed by atoms with Crippen molar-refractivity contribution in [3.8, 4) is 23.1 Å². The number of rotatable bonds is 5. The molecule has 1 aliphatic heterocycles. The molecule has 1 fully saturated rings. The molecule has 2 heterocycles. The first kappa shape index (κ1) is 23.9.